The predicted octanol–water partition coefficient (Wildman–Crippen LogP) is 2.23. The first-order valence-electron chi connectivity index (χ1n) is 5.46. The van der Waals surface area contributed by atoms with Gasteiger partial charge < -0.3 is 16.2 Å². The topological polar surface area (TPSA) is 58.3 Å². The quantitative estimate of drug-likeness (QED) is 0.675. The minimum atomic E-state index is -0.439. The van der Waals surface area contributed by atoms with Gasteiger partial charge >= 0.3 is 0 Å². The lowest BCUT2D eigenvalue weighted by atomic mass is 10.0. The number of nitrogens with two attached hydrogens (primary N) is 1. The number of nitrogen functional groups attached to an aromatic ring is 1. The molecule has 0 aliphatic carbocycles. The molecule has 0 heterocycles. The molecule has 1 aromatic carbocycles. The number of hydrogen-bond acceptors (Lipinski definition) is 3. The summed E-state index contributed by atoms with van der Waals surface area (Å²) < 4.78 is 13.2. The van der Waals surface area contributed by atoms with Gasteiger partial charge in [-0.2, -0.15) is 0 Å². The van der Waals surface area contributed by atoms with Crippen LogP contribution >= 0.6 is 0 Å². The first-order chi connectivity index (χ1) is 7.54. The van der Waals surface area contributed by atoms with Gasteiger partial charge in [0, 0.05) is 6.04 Å². The van der Waals surface area contributed by atoms with Crippen molar-refractivity contribution in [3.8, 4) is 0 Å². The summed E-state index contributed by atoms with van der Waals surface area (Å²) in [6.45, 7) is 4.15. The Morgan fingerprint density at radius 3 is 2.69 bits per heavy atom. The Hall–Kier alpha value is -1.29. The van der Waals surface area contributed by atoms with Crippen LogP contribution in [-0.2, 0) is 0 Å². The molecule has 0 aliphatic rings. The van der Waals surface area contributed by atoms with E-state index in [2.05, 4.69) is 19.2 Å². The fraction of sp³-hybridized carbons (Fsp3) is 0.500. The molecule has 1 aromatic rings. The Balaban J connectivity index is 2.74. The number of hydrogen-bond donors (Lipinski definition) is 3. The third-order valence-corrected chi connectivity index (χ3v) is 2.39. The maximum absolute atomic E-state index is 13.2. The SMILES string of the molecule is CC(C)CC(CO)Nc1cccc(F)c1N. The molecule has 4 N–H and O–H groups in total. The fourth-order valence-corrected chi connectivity index (χ4v) is 1.63. The Kier molecular flexibility index (Phi) is 4.55. The molecule has 1 atom stereocenters. The van der Waals surface area contributed by atoms with Crippen molar-refractivity contribution < 1.29 is 9.50 Å². The van der Waals surface area contributed by atoms with Gasteiger partial charge in [-0.15, -0.1) is 0 Å². The second kappa shape index (κ2) is 5.70. The van der Waals surface area contributed by atoms with Gasteiger partial charge in [-0.25, -0.2) is 4.39 Å². The van der Waals surface area contributed by atoms with E-state index in [0.717, 1.165) is 6.42 Å². The van der Waals surface area contributed by atoms with Crippen LogP contribution in [0, 0.1) is 11.7 Å². The van der Waals surface area contributed by atoms with E-state index in [1.165, 1.54) is 6.07 Å². The molecular formula is C12H19FN2O. The van der Waals surface area contributed by atoms with Crippen molar-refractivity contribution in [1.29, 1.82) is 0 Å². The number of aliphatic hydroxyl groups is 1. The second-order valence-corrected chi connectivity index (χ2v) is 4.35. The molecular weight excluding hydrogens is 207 g/mol. The van der Waals surface area contributed by atoms with Gasteiger partial charge in [0.15, 0.2) is 0 Å². The zero-order valence-electron chi connectivity index (χ0n) is 9.70. The van der Waals surface area contributed by atoms with Crippen LogP contribution in [-0.4, -0.2) is 17.8 Å². The average molecular weight is 226 g/mol. The number of aliphatic hydroxyl groups excluding tert-OH is 1. The molecule has 4 heteroatoms. The number of anilines is 2. The normalized spacial score (nSPS) is 12.8. The lowest BCUT2D eigenvalue weighted by Gasteiger charge is -2.20. The number of rotatable bonds is 5. The number of para-hydroxylation sites is 1. The minimum absolute atomic E-state index is 0.00807. The minimum Gasteiger partial charge on any atom is -0.395 e. The summed E-state index contributed by atoms with van der Waals surface area (Å²) >= 11 is 0. The highest BCUT2D eigenvalue weighted by molar-refractivity contribution is 5.66. The van der Waals surface area contributed by atoms with Crippen molar-refractivity contribution in [2.24, 2.45) is 5.92 Å². The molecule has 0 radical (unpaired) electrons. The summed E-state index contributed by atoms with van der Waals surface area (Å²) in [6.07, 6.45) is 0.812. The van der Waals surface area contributed by atoms with Crippen molar-refractivity contribution in [1.82, 2.24) is 0 Å². The maximum Gasteiger partial charge on any atom is 0.148 e. The zero-order chi connectivity index (χ0) is 12.1. The predicted molar refractivity (Wildman–Crippen MR) is 64.8 cm³/mol. The number of halogens is 1. The van der Waals surface area contributed by atoms with Gasteiger partial charge in [-0.05, 0) is 24.5 Å². The number of nitrogens with one attached hydrogen (secondary N) is 1. The molecule has 16 heavy (non-hydrogen) atoms. The van der Waals surface area contributed by atoms with Crippen molar-refractivity contribution in [2.45, 2.75) is 26.3 Å². The van der Waals surface area contributed by atoms with Crippen LogP contribution in [0.25, 0.3) is 0 Å². The van der Waals surface area contributed by atoms with E-state index in [0.29, 0.717) is 11.6 Å². The van der Waals surface area contributed by atoms with Crippen LogP contribution in [0.3, 0.4) is 0 Å². The van der Waals surface area contributed by atoms with Gasteiger partial charge in [0.2, 0.25) is 0 Å². The van der Waals surface area contributed by atoms with Crippen molar-refractivity contribution in [3.63, 3.8) is 0 Å². The van der Waals surface area contributed by atoms with E-state index in [4.69, 9.17) is 5.73 Å². The Bertz CT molecular complexity index is 342. The molecule has 0 fully saturated rings. The summed E-state index contributed by atoms with van der Waals surface area (Å²) in [5.74, 6) is 0.0191. The standard InChI is InChI=1S/C12H19FN2O/c1-8(2)6-9(7-16)15-11-5-3-4-10(13)12(11)14/h3-5,8-9,15-16H,6-7,14H2,1-2H3. The molecule has 0 aromatic heterocycles. The summed E-state index contributed by atoms with van der Waals surface area (Å²) in [5, 5.41) is 12.3. The van der Waals surface area contributed by atoms with Gasteiger partial charge in [0.05, 0.1) is 18.0 Å². The molecule has 0 spiro atoms. The second-order valence-electron chi connectivity index (χ2n) is 4.35. The van der Waals surface area contributed by atoms with Gasteiger partial charge in [0.1, 0.15) is 5.82 Å². The smallest absolute Gasteiger partial charge is 0.148 e. The highest BCUT2D eigenvalue weighted by Crippen LogP contribution is 2.23. The molecule has 0 saturated carbocycles. The van der Waals surface area contributed by atoms with Crippen LogP contribution < -0.4 is 11.1 Å². The molecule has 1 unspecified atom stereocenters. The van der Waals surface area contributed by atoms with Crippen molar-refractivity contribution >= 4 is 11.4 Å². The average Bonchev–Trinajstić information content (AvgIpc) is 2.23. The summed E-state index contributed by atoms with van der Waals surface area (Å²) in [5.41, 5.74) is 6.24. The molecule has 0 bridgehead atoms. The molecule has 0 saturated heterocycles. The maximum atomic E-state index is 13.2. The fourth-order valence-electron chi connectivity index (χ4n) is 1.63. The van der Waals surface area contributed by atoms with E-state index in [-0.39, 0.29) is 18.3 Å². The lowest BCUT2D eigenvalue weighted by Crippen LogP contribution is -2.26. The van der Waals surface area contributed by atoms with Crippen LogP contribution in [0.2, 0.25) is 0 Å². The summed E-state index contributed by atoms with van der Waals surface area (Å²) in [7, 11) is 0. The van der Waals surface area contributed by atoms with E-state index in [9.17, 15) is 9.50 Å². The summed E-state index contributed by atoms with van der Waals surface area (Å²) in [4.78, 5) is 0. The Morgan fingerprint density at radius 2 is 2.12 bits per heavy atom. The third-order valence-electron chi connectivity index (χ3n) is 2.39. The molecule has 90 valence electrons. The third kappa shape index (κ3) is 3.38. The lowest BCUT2D eigenvalue weighted by molar-refractivity contribution is 0.259. The van der Waals surface area contributed by atoms with Crippen LogP contribution in [0.4, 0.5) is 15.8 Å². The van der Waals surface area contributed by atoms with Crippen LogP contribution in [0.1, 0.15) is 20.3 Å². The monoisotopic (exact) mass is 226 g/mol. The van der Waals surface area contributed by atoms with E-state index in [1.807, 2.05) is 0 Å². The first kappa shape index (κ1) is 12.8. The Morgan fingerprint density at radius 1 is 1.44 bits per heavy atom. The van der Waals surface area contributed by atoms with E-state index in [1.54, 1.807) is 12.1 Å². The molecule has 0 amide bonds. The zero-order valence-corrected chi connectivity index (χ0v) is 9.70. The van der Waals surface area contributed by atoms with Crippen LogP contribution in [0.5, 0.6) is 0 Å². The molecule has 0 aliphatic heterocycles. The number of benzene rings is 1. The molecule has 1 rings (SSSR count). The van der Waals surface area contributed by atoms with Crippen LogP contribution in [0.15, 0.2) is 18.2 Å². The van der Waals surface area contributed by atoms with E-state index >= 15 is 0 Å². The van der Waals surface area contributed by atoms with Crippen molar-refractivity contribution in [3.05, 3.63) is 24.0 Å². The van der Waals surface area contributed by atoms with Crippen molar-refractivity contribution in [2.75, 3.05) is 17.7 Å². The summed E-state index contributed by atoms with van der Waals surface area (Å²) in [6, 6.07) is 4.53. The first-order valence-corrected chi connectivity index (χ1v) is 5.46. The van der Waals surface area contributed by atoms with Gasteiger partial charge in [0.25, 0.3) is 0 Å². The highest BCUT2D eigenvalue weighted by Gasteiger charge is 2.12. The van der Waals surface area contributed by atoms with Gasteiger partial charge in [-0.3, -0.25) is 0 Å². The van der Waals surface area contributed by atoms with E-state index < -0.39 is 5.82 Å². The highest BCUT2D eigenvalue weighted by atomic mass is 19.1. The van der Waals surface area contributed by atoms with Gasteiger partial charge in [-0.1, -0.05) is 19.9 Å². The Labute approximate surface area is 95.5 Å². The largest absolute Gasteiger partial charge is 0.395 e. The molecule has 3 nitrogen and oxygen atoms in total.